The van der Waals surface area contributed by atoms with Gasteiger partial charge in [-0.05, 0) is 61.4 Å². The van der Waals surface area contributed by atoms with E-state index in [1.54, 1.807) is 30.7 Å². The van der Waals surface area contributed by atoms with Gasteiger partial charge in [-0.3, -0.25) is 4.98 Å². The summed E-state index contributed by atoms with van der Waals surface area (Å²) in [5.41, 5.74) is 3.42. The number of imidazole rings is 1. The Balaban J connectivity index is 1.46. The van der Waals surface area contributed by atoms with Gasteiger partial charge in [0.15, 0.2) is 5.82 Å². The minimum atomic E-state index is -0.307. The number of ether oxygens (including phenoxy) is 1. The summed E-state index contributed by atoms with van der Waals surface area (Å²) >= 11 is 0. The van der Waals surface area contributed by atoms with Crippen LogP contribution >= 0.6 is 0 Å². The summed E-state index contributed by atoms with van der Waals surface area (Å²) in [4.78, 5) is 23.7. The Kier molecular flexibility index (Phi) is 5.10. The lowest BCUT2D eigenvalue weighted by Gasteiger charge is -2.26. The summed E-state index contributed by atoms with van der Waals surface area (Å²) in [6.45, 7) is 0.852. The number of benzene rings is 2. The van der Waals surface area contributed by atoms with E-state index >= 15 is 0 Å². The fraction of sp³-hybridized carbons (Fsp3) is 0.154. The first kappa shape index (κ1) is 20.3. The standard InChI is InChI=1S/C26H21FN6O/c27-17-7-9-18(10-8-17)34-24-16-22-21(31-25(32-22)20-5-1-2-11-28-20)15-19(24)23-6-3-14-33(23)26-29-12-4-13-30-26/h1-2,4-5,7-13,15-16,23H,3,6,14H2,(H,31,32). The number of aromatic nitrogens is 5. The molecule has 2 aromatic carbocycles. The van der Waals surface area contributed by atoms with Gasteiger partial charge in [-0.15, -0.1) is 0 Å². The number of H-pyrrole nitrogens is 1. The number of aromatic amines is 1. The molecule has 3 aromatic heterocycles. The minimum Gasteiger partial charge on any atom is -0.457 e. The molecule has 1 aliphatic rings. The molecule has 0 aliphatic carbocycles. The molecule has 7 nitrogen and oxygen atoms in total. The summed E-state index contributed by atoms with van der Waals surface area (Å²) in [5.74, 6) is 2.30. The second kappa shape index (κ2) is 8.55. The van der Waals surface area contributed by atoms with E-state index in [-0.39, 0.29) is 11.9 Å². The number of pyridine rings is 1. The molecule has 0 amide bonds. The van der Waals surface area contributed by atoms with Crippen molar-refractivity contribution in [2.45, 2.75) is 18.9 Å². The number of nitrogens with zero attached hydrogens (tertiary/aromatic N) is 5. The van der Waals surface area contributed by atoms with Gasteiger partial charge in [-0.25, -0.2) is 19.3 Å². The van der Waals surface area contributed by atoms with Crippen molar-refractivity contribution in [3.63, 3.8) is 0 Å². The fourth-order valence-corrected chi connectivity index (χ4v) is 4.43. The Labute approximate surface area is 195 Å². The molecule has 168 valence electrons. The van der Waals surface area contributed by atoms with Crippen molar-refractivity contribution in [1.29, 1.82) is 0 Å². The lowest BCUT2D eigenvalue weighted by Crippen LogP contribution is -2.24. The maximum atomic E-state index is 13.5. The summed E-state index contributed by atoms with van der Waals surface area (Å²) in [6, 6.07) is 17.6. The molecule has 0 spiro atoms. The van der Waals surface area contributed by atoms with Gasteiger partial charge in [0.05, 0.1) is 17.1 Å². The van der Waals surface area contributed by atoms with Crippen LogP contribution in [0.2, 0.25) is 0 Å². The molecule has 1 atom stereocenters. The van der Waals surface area contributed by atoms with Crippen LogP contribution in [0.1, 0.15) is 24.4 Å². The third-order valence-corrected chi connectivity index (χ3v) is 5.98. The molecular formula is C26H21FN6O. The van der Waals surface area contributed by atoms with Gasteiger partial charge < -0.3 is 14.6 Å². The molecule has 4 heterocycles. The fourth-order valence-electron chi connectivity index (χ4n) is 4.43. The highest BCUT2D eigenvalue weighted by Crippen LogP contribution is 2.42. The topological polar surface area (TPSA) is 79.8 Å². The van der Waals surface area contributed by atoms with Gasteiger partial charge in [0.1, 0.15) is 23.0 Å². The number of rotatable bonds is 5. The van der Waals surface area contributed by atoms with Crippen molar-refractivity contribution in [3.8, 4) is 23.0 Å². The minimum absolute atomic E-state index is 0.0313. The Morgan fingerprint density at radius 2 is 1.76 bits per heavy atom. The van der Waals surface area contributed by atoms with Crippen molar-refractivity contribution >= 4 is 17.0 Å². The van der Waals surface area contributed by atoms with Crippen LogP contribution in [-0.2, 0) is 0 Å². The van der Waals surface area contributed by atoms with Crippen LogP contribution in [0.15, 0.2) is 79.3 Å². The van der Waals surface area contributed by atoms with E-state index in [0.29, 0.717) is 23.3 Å². The highest BCUT2D eigenvalue weighted by molar-refractivity contribution is 5.82. The van der Waals surface area contributed by atoms with Crippen LogP contribution in [0.25, 0.3) is 22.6 Å². The molecule has 34 heavy (non-hydrogen) atoms. The van der Waals surface area contributed by atoms with Crippen molar-refractivity contribution < 1.29 is 9.13 Å². The van der Waals surface area contributed by atoms with Gasteiger partial charge in [0.2, 0.25) is 5.95 Å². The van der Waals surface area contributed by atoms with Gasteiger partial charge in [-0.2, -0.15) is 0 Å². The number of hydrogen-bond donors (Lipinski definition) is 1. The zero-order valence-electron chi connectivity index (χ0n) is 18.2. The van der Waals surface area contributed by atoms with Crippen LogP contribution in [0.5, 0.6) is 11.5 Å². The van der Waals surface area contributed by atoms with Crippen molar-refractivity contribution in [3.05, 3.63) is 90.6 Å². The summed E-state index contributed by atoms with van der Waals surface area (Å²) in [6.07, 6.45) is 7.20. The molecule has 5 aromatic rings. The van der Waals surface area contributed by atoms with Crippen molar-refractivity contribution in [2.75, 3.05) is 11.4 Å². The van der Waals surface area contributed by atoms with E-state index in [2.05, 4.69) is 30.9 Å². The zero-order chi connectivity index (χ0) is 22.9. The molecule has 1 N–H and O–H groups in total. The lowest BCUT2D eigenvalue weighted by atomic mass is 10.0. The van der Waals surface area contributed by atoms with Crippen LogP contribution in [0, 0.1) is 5.82 Å². The number of fused-ring (bicyclic) bond motifs is 1. The van der Waals surface area contributed by atoms with E-state index < -0.39 is 0 Å². The average molecular weight is 452 g/mol. The highest BCUT2D eigenvalue weighted by atomic mass is 19.1. The number of hydrogen-bond acceptors (Lipinski definition) is 6. The van der Waals surface area contributed by atoms with Crippen molar-refractivity contribution in [2.24, 2.45) is 0 Å². The maximum absolute atomic E-state index is 13.5. The second-order valence-electron chi connectivity index (χ2n) is 8.16. The van der Waals surface area contributed by atoms with E-state index in [9.17, 15) is 4.39 Å². The van der Waals surface area contributed by atoms with Gasteiger partial charge in [-0.1, -0.05) is 6.07 Å². The average Bonchev–Trinajstić information content (AvgIpc) is 3.53. The largest absolute Gasteiger partial charge is 0.457 e. The first-order valence-electron chi connectivity index (χ1n) is 11.2. The smallest absolute Gasteiger partial charge is 0.225 e. The van der Waals surface area contributed by atoms with Crippen LogP contribution < -0.4 is 9.64 Å². The van der Waals surface area contributed by atoms with E-state index in [0.717, 1.165) is 41.7 Å². The number of halogens is 1. The van der Waals surface area contributed by atoms with E-state index in [4.69, 9.17) is 9.72 Å². The monoisotopic (exact) mass is 452 g/mol. The molecule has 0 bridgehead atoms. The Hall–Kier alpha value is -4.33. The molecular weight excluding hydrogens is 431 g/mol. The molecule has 1 aliphatic heterocycles. The predicted octanol–water partition coefficient (Wildman–Crippen LogP) is 5.69. The molecule has 1 unspecified atom stereocenters. The second-order valence-corrected chi connectivity index (χ2v) is 8.16. The van der Waals surface area contributed by atoms with Crippen LogP contribution in [0.3, 0.4) is 0 Å². The Morgan fingerprint density at radius 3 is 2.56 bits per heavy atom. The first-order valence-corrected chi connectivity index (χ1v) is 11.2. The molecule has 6 rings (SSSR count). The number of nitrogens with one attached hydrogen (secondary N) is 1. The molecule has 0 radical (unpaired) electrons. The summed E-state index contributed by atoms with van der Waals surface area (Å²) < 4.78 is 19.7. The van der Waals surface area contributed by atoms with Crippen LogP contribution in [0.4, 0.5) is 10.3 Å². The van der Waals surface area contributed by atoms with Gasteiger partial charge in [0.25, 0.3) is 0 Å². The SMILES string of the molecule is Fc1ccc(Oc2cc3nc(-c4ccccn4)[nH]c3cc2C2CCCN2c2ncccn2)cc1. The molecule has 8 heteroatoms. The first-order chi connectivity index (χ1) is 16.7. The predicted molar refractivity (Wildman–Crippen MR) is 127 cm³/mol. The van der Waals surface area contributed by atoms with Crippen molar-refractivity contribution in [1.82, 2.24) is 24.9 Å². The summed E-state index contributed by atoms with van der Waals surface area (Å²) in [5, 5.41) is 0. The zero-order valence-corrected chi connectivity index (χ0v) is 18.2. The molecule has 0 saturated carbocycles. The van der Waals surface area contributed by atoms with Gasteiger partial charge in [0, 0.05) is 36.8 Å². The summed E-state index contributed by atoms with van der Waals surface area (Å²) in [7, 11) is 0. The normalized spacial score (nSPS) is 15.7. The van der Waals surface area contributed by atoms with E-state index in [1.807, 2.05) is 30.3 Å². The third kappa shape index (κ3) is 3.83. The Bertz CT molecular complexity index is 1420. The van der Waals surface area contributed by atoms with Crippen LogP contribution in [-0.4, -0.2) is 31.5 Å². The number of anilines is 1. The molecule has 1 saturated heterocycles. The van der Waals surface area contributed by atoms with Gasteiger partial charge >= 0.3 is 0 Å². The molecule has 1 fully saturated rings. The lowest BCUT2D eigenvalue weighted by molar-refractivity contribution is 0.468. The highest BCUT2D eigenvalue weighted by Gasteiger charge is 2.31. The third-order valence-electron chi connectivity index (χ3n) is 5.98. The Morgan fingerprint density at radius 1 is 0.941 bits per heavy atom. The maximum Gasteiger partial charge on any atom is 0.225 e. The quantitative estimate of drug-likeness (QED) is 0.369. The van der Waals surface area contributed by atoms with E-state index in [1.165, 1.54) is 12.1 Å².